The van der Waals surface area contributed by atoms with Gasteiger partial charge in [0.15, 0.2) is 0 Å². The molecule has 1 aromatic carbocycles. The Morgan fingerprint density at radius 3 is 2.67 bits per heavy atom. The third-order valence-corrected chi connectivity index (χ3v) is 5.46. The van der Waals surface area contributed by atoms with Crippen molar-refractivity contribution in [3.8, 4) is 0 Å². The van der Waals surface area contributed by atoms with Crippen LogP contribution in [0.15, 0.2) is 30.3 Å². The Kier molecular flexibility index (Phi) is 4.40. The van der Waals surface area contributed by atoms with E-state index in [9.17, 15) is 8.42 Å². The summed E-state index contributed by atoms with van der Waals surface area (Å²) in [4.78, 5) is 0. The fourth-order valence-electron chi connectivity index (χ4n) is 2.49. The van der Waals surface area contributed by atoms with E-state index >= 15 is 0 Å². The summed E-state index contributed by atoms with van der Waals surface area (Å²) in [7, 11) is -3.15. The van der Waals surface area contributed by atoms with Gasteiger partial charge in [0.2, 0.25) is 10.0 Å². The van der Waals surface area contributed by atoms with Gasteiger partial charge < -0.3 is 0 Å². The van der Waals surface area contributed by atoms with E-state index in [0.29, 0.717) is 19.0 Å². The predicted molar refractivity (Wildman–Crippen MR) is 73.7 cm³/mol. The molecule has 4 heteroatoms. The van der Waals surface area contributed by atoms with Crippen LogP contribution >= 0.6 is 0 Å². The molecule has 0 aliphatic carbocycles. The van der Waals surface area contributed by atoms with Crippen molar-refractivity contribution in [1.29, 1.82) is 0 Å². The van der Waals surface area contributed by atoms with Gasteiger partial charge in [-0.1, -0.05) is 43.7 Å². The van der Waals surface area contributed by atoms with Crippen molar-refractivity contribution < 1.29 is 8.42 Å². The first-order chi connectivity index (χ1) is 8.62. The van der Waals surface area contributed by atoms with Gasteiger partial charge in [0, 0.05) is 13.1 Å². The Morgan fingerprint density at radius 2 is 2.00 bits per heavy atom. The number of rotatable bonds is 4. The molecule has 1 fully saturated rings. The zero-order chi connectivity index (χ0) is 13.0. The minimum atomic E-state index is -3.15. The summed E-state index contributed by atoms with van der Waals surface area (Å²) < 4.78 is 26.4. The number of piperidine rings is 1. The molecule has 0 unspecified atom stereocenters. The smallest absolute Gasteiger partial charge is 0.212 e. The fourth-order valence-corrected chi connectivity index (χ4v) is 4.13. The summed E-state index contributed by atoms with van der Waals surface area (Å²) in [6.45, 7) is 3.52. The van der Waals surface area contributed by atoms with Gasteiger partial charge in [-0.05, 0) is 24.3 Å². The summed E-state index contributed by atoms with van der Waals surface area (Å²) in [5.74, 6) is 0.661. The predicted octanol–water partition coefficient (Wildman–Crippen LogP) is 2.64. The van der Waals surface area contributed by atoms with Gasteiger partial charge in [-0.2, -0.15) is 0 Å². The van der Waals surface area contributed by atoms with Crippen molar-refractivity contribution in [2.75, 3.05) is 13.1 Å². The monoisotopic (exact) mass is 267 g/mol. The van der Waals surface area contributed by atoms with Crippen LogP contribution in [0.5, 0.6) is 0 Å². The van der Waals surface area contributed by atoms with Crippen LogP contribution in [0.4, 0.5) is 0 Å². The molecular weight excluding hydrogens is 246 g/mol. The molecule has 1 saturated heterocycles. The molecule has 0 radical (unpaired) electrons. The van der Waals surface area contributed by atoms with Crippen LogP contribution in [-0.2, 0) is 15.8 Å². The highest BCUT2D eigenvalue weighted by molar-refractivity contribution is 7.88. The quantitative estimate of drug-likeness (QED) is 0.841. The Balaban J connectivity index is 2.06. The molecule has 0 amide bonds. The van der Waals surface area contributed by atoms with E-state index < -0.39 is 10.0 Å². The van der Waals surface area contributed by atoms with Crippen LogP contribution in [0.2, 0.25) is 0 Å². The highest BCUT2D eigenvalue weighted by atomic mass is 32.2. The van der Waals surface area contributed by atoms with Gasteiger partial charge in [-0.25, -0.2) is 12.7 Å². The van der Waals surface area contributed by atoms with E-state index in [1.165, 1.54) is 0 Å². The van der Waals surface area contributed by atoms with E-state index in [0.717, 1.165) is 24.8 Å². The van der Waals surface area contributed by atoms with Crippen LogP contribution in [0, 0.1) is 5.92 Å². The lowest BCUT2D eigenvalue weighted by Crippen LogP contribution is -2.40. The number of benzene rings is 1. The molecule has 0 saturated carbocycles. The number of sulfonamides is 1. The summed E-state index contributed by atoms with van der Waals surface area (Å²) in [5, 5.41) is 0. The lowest BCUT2D eigenvalue weighted by atomic mass is 9.97. The third kappa shape index (κ3) is 3.33. The average Bonchev–Trinajstić information content (AvgIpc) is 2.39. The SMILES string of the molecule is CC[C@H]1CCCN(S(=O)(=O)Cc2ccccc2)C1. The average molecular weight is 267 g/mol. The van der Waals surface area contributed by atoms with Gasteiger partial charge in [0.25, 0.3) is 0 Å². The van der Waals surface area contributed by atoms with Gasteiger partial charge in [0.1, 0.15) is 0 Å². The normalized spacial score (nSPS) is 21.9. The topological polar surface area (TPSA) is 37.4 Å². The first-order valence-electron chi connectivity index (χ1n) is 6.63. The van der Waals surface area contributed by atoms with Gasteiger partial charge in [-0.3, -0.25) is 0 Å². The van der Waals surface area contributed by atoms with E-state index in [-0.39, 0.29) is 5.75 Å². The van der Waals surface area contributed by atoms with Crippen molar-refractivity contribution in [1.82, 2.24) is 4.31 Å². The molecule has 3 nitrogen and oxygen atoms in total. The highest BCUT2D eigenvalue weighted by Crippen LogP contribution is 2.23. The molecule has 2 rings (SSSR count). The minimum absolute atomic E-state index is 0.129. The van der Waals surface area contributed by atoms with Crippen LogP contribution in [-0.4, -0.2) is 25.8 Å². The number of hydrogen-bond acceptors (Lipinski definition) is 2. The Hall–Kier alpha value is -0.870. The second-order valence-electron chi connectivity index (χ2n) is 5.02. The standard InChI is InChI=1S/C14H21NO2S/c1-2-13-9-6-10-15(11-13)18(16,17)12-14-7-4-3-5-8-14/h3-5,7-8,13H,2,6,9-12H2,1H3/t13-/m0/s1. The maximum absolute atomic E-state index is 12.3. The summed E-state index contributed by atoms with van der Waals surface area (Å²) in [6, 6.07) is 9.42. The van der Waals surface area contributed by atoms with Crippen LogP contribution in [0.25, 0.3) is 0 Å². The minimum Gasteiger partial charge on any atom is -0.212 e. The largest absolute Gasteiger partial charge is 0.218 e. The lowest BCUT2D eigenvalue weighted by molar-refractivity contribution is 0.261. The van der Waals surface area contributed by atoms with Crippen molar-refractivity contribution in [3.63, 3.8) is 0 Å². The van der Waals surface area contributed by atoms with Crippen molar-refractivity contribution >= 4 is 10.0 Å². The molecule has 1 atom stereocenters. The molecule has 0 spiro atoms. The molecule has 0 aromatic heterocycles. The zero-order valence-electron chi connectivity index (χ0n) is 10.9. The van der Waals surface area contributed by atoms with Gasteiger partial charge in [-0.15, -0.1) is 0 Å². The lowest BCUT2D eigenvalue weighted by Gasteiger charge is -2.31. The summed E-state index contributed by atoms with van der Waals surface area (Å²) in [5.41, 5.74) is 0.871. The number of nitrogens with zero attached hydrogens (tertiary/aromatic N) is 1. The molecule has 0 bridgehead atoms. The Bertz CT molecular complexity index is 470. The molecule has 1 aliphatic heterocycles. The molecule has 18 heavy (non-hydrogen) atoms. The highest BCUT2D eigenvalue weighted by Gasteiger charge is 2.28. The maximum atomic E-state index is 12.3. The van der Waals surface area contributed by atoms with Crippen LogP contribution in [0.1, 0.15) is 31.7 Å². The van der Waals surface area contributed by atoms with Crippen molar-refractivity contribution in [2.24, 2.45) is 5.92 Å². The second kappa shape index (κ2) is 5.85. The first-order valence-corrected chi connectivity index (χ1v) is 8.24. The Morgan fingerprint density at radius 1 is 1.28 bits per heavy atom. The molecular formula is C14H21NO2S. The Labute approximate surface area is 110 Å². The molecule has 100 valence electrons. The number of hydrogen-bond donors (Lipinski definition) is 0. The van der Waals surface area contributed by atoms with E-state index in [1.807, 2.05) is 30.3 Å². The first kappa shape index (κ1) is 13.6. The van der Waals surface area contributed by atoms with E-state index in [4.69, 9.17) is 0 Å². The summed E-state index contributed by atoms with van der Waals surface area (Å²) >= 11 is 0. The fraction of sp³-hybridized carbons (Fsp3) is 0.571. The maximum Gasteiger partial charge on any atom is 0.218 e. The van der Waals surface area contributed by atoms with Crippen LogP contribution < -0.4 is 0 Å². The zero-order valence-corrected chi connectivity index (χ0v) is 11.7. The van der Waals surface area contributed by atoms with Gasteiger partial charge in [0.05, 0.1) is 5.75 Å². The molecule has 0 N–H and O–H groups in total. The molecule has 1 heterocycles. The second-order valence-corrected chi connectivity index (χ2v) is 6.99. The van der Waals surface area contributed by atoms with Crippen molar-refractivity contribution in [3.05, 3.63) is 35.9 Å². The molecule has 1 aliphatic rings. The third-order valence-electron chi connectivity index (χ3n) is 3.64. The van der Waals surface area contributed by atoms with Crippen LogP contribution in [0.3, 0.4) is 0 Å². The van der Waals surface area contributed by atoms with E-state index in [2.05, 4.69) is 6.92 Å². The summed E-state index contributed by atoms with van der Waals surface area (Å²) in [6.07, 6.45) is 3.22. The molecule has 1 aromatic rings. The van der Waals surface area contributed by atoms with Crippen molar-refractivity contribution in [2.45, 2.75) is 31.9 Å². The van der Waals surface area contributed by atoms with Gasteiger partial charge >= 0.3 is 0 Å². The van der Waals surface area contributed by atoms with E-state index in [1.54, 1.807) is 4.31 Å².